The van der Waals surface area contributed by atoms with Crippen LogP contribution in [0.2, 0.25) is 0 Å². The molecule has 98 valence electrons. The average Bonchev–Trinajstić information content (AvgIpc) is 2.39. The van der Waals surface area contributed by atoms with Crippen molar-refractivity contribution in [3.8, 4) is 11.5 Å². The Morgan fingerprint density at radius 3 is 2.58 bits per heavy atom. The number of ether oxygens (including phenoxy) is 1. The fourth-order valence-electron chi connectivity index (χ4n) is 1.74. The van der Waals surface area contributed by atoms with Gasteiger partial charge in [-0.1, -0.05) is 24.3 Å². The van der Waals surface area contributed by atoms with E-state index < -0.39 is 5.97 Å². The van der Waals surface area contributed by atoms with Gasteiger partial charge >= 0.3 is 5.97 Å². The maximum atomic E-state index is 11.1. The number of aromatic carboxylic acids is 1. The molecular formula is C15H14O4. The van der Waals surface area contributed by atoms with E-state index in [2.05, 4.69) is 0 Å². The Balaban J connectivity index is 2.42. The fraction of sp³-hybridized carbons (Fsp3) is 0.133. The molecule has 0 aromatic heterocycles. The molecule has 0 spiro atoms. The van der Waals surface area contributed by atoms with Crippen LogP contribution in [0.25, 0.3) is 0 Å². The van der Waals surface area contributed by atoms with Crippen LogP contribution in [-0.4, -0.2) is 16.2 Å². The zero-order valence-electron chi connectivity index (χ0n) is 10.5. The normalized spacial score (nSPS) is 10.2. The molecule has 4 nitrogen and oxygen atoms in total. The summed E-state index contributed by atoms with van der Waals surface area (Å²) in [6, 6.07) is 11.9. The highest BCUT2D eigenvalue weighted by molar-refractivity contribution is 5.91. The van der Waals surface area contributed by atoms with Gasteiger partial charge in [0.25, 0.3) is 0 Å². The first-order valence-electron chi connectivity index (χ1n) is 5.82. The highest BCUT2D eigenvalue weighted by Gasteiger charge is 2.13. The number of hydrogen-bond donors (Lipinski definition) is 2. The molecule has 0 amide bonds. The molecule has 0 saturated heterocycles. The summed E-state index contributed by atoms with van der Waals surface area (Å²) in [4.78, 5) is 11.1. The second-order valence-electron chi connectivity index (χ2n) is 4.17. The first-order chi connectivity index (χ1) is 9.11. The van der Waals surface area contributed by atoms with Crippen LogP contribution in [0, 0.1) is 6.92 Å². The third-order valence-electron chi connectivity index (χ3n) is 2.73. The minimum atomic E-state index is -1.04. The first kappa shape index (κ1) is 13.1. The van der Waals surface area contributed by atoms with E-state index in [0.717, 1.165) is 5.56 Å². The lowest BCUT2D eigenvalue weighted by molar-refractivity contribution is 0.0694. The maximum absolute atomic E-state index is 11.1. The summed E-state index contributed by atoms with van der Waals surface area (Å²) in [7, 11) is 0. The van der Waals surface area contributed by atoms with E-state index in [1.54, 1.807) is 36.4 Å². The van der Waals surface area contributed by atoms with Crippen molar-refractivity contribution in [2.75, 3.05) is 0 Å². The van der Waals surface area contributed by atoms with Crippen LogP contribution in [-0.2, 0) is 6.61 Å². The fourth-order valence-corrected chi connectivity index (χ4v) is 1.74. The molecule has 0 radical (unpaired) electrons. The Morgan fingerprint density at radius 1 is 1.16 bits per heavy atom. The van der Waals surface area contributed by atoms with Gasteiger partial charge < -0.3 is 14.9 Å². The molecule has 2 rings (SSSR count). The van der Waals surface area contributed by atoms with Crippen molar-refractivity contribution in [1.82, 2.24) is 0 Å². The Bertz CT molecular complexity index is 605. The molecule has 2 N–H and O–H groups in total. The smallest absolute Gasteiger partial charge is 0.339 e. The molecule has 2 aromatic carbocycles. The summed E-state index contributed by atoms with van der Waals surface area (Å²) in [5.41, 5.74) is 1.61. The number of carboxylic acid groups (broad SMARTS) is 1. The number of hydrogen-bond acceptors (Lipinski definition) is 3. The summed E-state index contributed by atoms with van der Waals surface area (Å²) >= 11 is 0. The van der Waals surface area contributed by atoms with Crippen LogP contribution >= 0.6 is 0 Å². The number of benzene rings is 2. The van der Waals surface area contributed by atoms with Gasteiger partial charge in [-0.15, -0.1) is 0 Å². The molecule has 0 aliphatic heterocycles. The van der Waals surface area contributed by atoms with E-state index in [4.69, 9.17) is 9.84 Å². The molecule has 4 heteroatoms. The van der Waals surface area contributed by atoms with Gasteiger partial charge in [-0.25, -0.2) is 4.79 Å². The second kappa shape index (κ2) is 5.54. The molecule has 0 aliphatic carbocycles. The van der Waals surface area contributed by atoms with Crippen LogP contribution < -0.4 is 4.74 Å². The number of carboxylic acids is 1. The lowest BCUT2D eigenvalue weighted by atomic mass is 10.1. The lowest BCUT2D eigenvalue weighted by Crippen LogP contribution is -2.01. The van der Waals surface area contributed by atoms with Gasteiger partial charge in [0.15, 0.2) is 0 Å². The van der Waals surface area contributed by atoms with Gasteiger partial charge in [0.05, 0.1) is 6.61 Å². The van der Waals surface area contributed by atoms with Gasteiger partial charge in [0.1, 0.15) is 17.1 Å². The molecule has 19 heavy (non-hydrogen) atoms. The van der Waals surface area contributed by atoms with E-state index in [0.29, 0.717) is 11.3 Å². The Labute approximate surface area is 110 Å². The Morgan fingerprint density at radius 2 is 1.89 bits per heavy atom. The standard InChI is InChI=1S/C15H14O4/c1-10-6-7-12(15(17)18)14(8-10)19-13-5-3-2-4-11(13)9-16/h2-8,16H,9H2,1H3,(H,17,18). The highest BCUT2D eigenvalue weighted by Crippen LogP contribution is 2.29. The van der Waals surface area contributed by atoms with Crippen molar-refractivity contribution < 1.29 is 19.7 Å². The first-order valence-corrected chi connectivity index (χ1v) is 5.82. The summed E-state index contributed by atoms with van der Waals surface area (Å²) in [5, 5.41) is 18.4. The van der Waals surface area contributed by atoms with Gasteiger partial charge in [0.2, 0.25) is 0 Å². The molecule has 0 fully saturated rings. The topological polar surface area (TPSA) is 66.8 Å². The predicted molar refractivity (Wildman–Crippen MR) is 70.6 cm³/mol. The van der Waals surface area contributed by atoms with Crippen LogP contribution in [0.1, 0.15) is 21.5 Å². The molecule has 0 heterocycles. The van der Waals surface area contributed by atoms with Crippen molar-refractivity contribution in [2.45, 2.75) is 13.5 Å². The van der Waals surface area contributed by atoms with Crippen LogP contribution in [0.5, 0.6) is 11.5 Å². The number of aliphatic hydroxyl groups is 1. The van der Waals surface area contributed by atoms with Crippen LogP contribution in [0.4, 0.5) is 0 Å². The maximum Gasteiger partial charge on any atom is 0.339 e. The van der Waals surface area contributed by atoms with Gasteiger partial charge in [-0.2, -0.15) is 0 Å². The van der Waals surface area contributed by atoms with E-state index >= 15 is 0 Å². The molecule has 0 saturated carbocycles. The summed E-state index contributed by atoms with van der Waals surface area (Å²) in [6.07, 6.45) is 0. The third kappa shape index (κ3) is 2.92. The average molecular weight is 258 g/mol. The van der Waals surface area contributed by atoms with Crippen molar-refractivity contribution in [3.63, 3.8) is 0 Å². The number of aryl methyl sites for hydroxylation is 1. The zero-order chi connectivity index (χ0) is 13.8. The molecule has 0 atom stereocenters. The van der Waals surface area contributed by atoms with Crippen LogP contribution in [0.3, 0.4) is 0 Å². The Kier molecular flexibility index (Phi) is 3.82. The lowest BCUT2D eigenvalue weighted by Gasteiger charge is -2.12. The van der Waals surface area contributed by atoms with Crippen molar-refractivity contribution >= 4 is 5.97 Å². The van der Waals surface area contributed by atoms with Crippen LogP contribution in [0.15, 0.2) is 42.5 Å². The summed E-state index contributed by atoms with van der Waals surface area (Å²) < 4.78 is 5.63. The number of aliphatic hydroxyl groups excluding tert-OH is 1. The van der Waals surface area contributed by atoms with Gasteiger partial charge in [-0.3, -0.25) is 0 Å². The van der Waals surface area contributed by atoms with E-state index in [1.807, 2.05) is 6.92 Å². The van der Waals surface area contributed by atoms with Gasteiger partial charge in [0, 0.05) is 5.56 Å². The second-order valence-corrected chi connectivity index (χ2v) is 4.17. The summed E-state index contributed by atoms with van der Waals surface area (Å²) in [6.45, 7) is 1.70. The minimum Gasteiger partial charge on any atom is -0.478 e. The zero-order valence-corrected chi connectivity index (χ0v) is 10.5. The molecule has 0 unspecified atom stereocenters. The number of rotatable bonds is 4. The van der Waals surface area contributed by atoms with E-state index in [9.17, 15) is 9.90 Å². The van der Waals surface area contributed by atoms with Crippen molar-refractivity contribution in [3.05, 3.63) is 59.2 Å². The Hall–Kier alpha value is -2.33. The summed E-state index contributed by atoms with van der Waals surface area (Å²) in [5.74, 6) is -0.317. The minimum absolute atomic E-state index is 0.0957. The third-order valence-corrected chi connectivity index (χ3v) is 2.73. The quantitative estimate of drug-likeness (QED) is 0.884. The molecular weight excluding hydrogens is 244 g/mol. The highest BCUT2D eigenvalue weighted by atomic mass is 16.5. The monoisotopic (exact) mass is 258 g/mol. The number of carbonyl (C=O) groups is 1. The van der Waals surface area contributed by atoms with Crippen molar-refractivity contribution in [2.24, 2.45) is 0 Å². The molecule has 0 bridgehead atoms. The molecule has 0 aliphatic rings. The van der Waals surface area contributed by atoms with E-state index in [1.165, 1.54) is 6.07 Å². The van der Waals surface area contributed by atoms with Gasteiger partial charge in [-0.05, 0) is 30.7 Å². The predicted octanol–water partition coefficient (Wildman–Crippen LogP) is 2.98. The van der Waals surface area contributed by atoms with Crippen molar-refractivity contribution in [1.29, 1.82) is 0 Å². The molecule has 2 aromatic rings. The largest absolute Gasteiger partial charge is 0.478 e. The number of para-hydroxylation sites is 1. The SMILES string of the molecule is Cc1ccc(C(=O)O)c(Oc2ccccc2CO)c1. The van der Waals surface area contributed by atoms with E-state index in [-0.39, 0.29) is 17.9 Å².